The fourth-order valence-electron chi connectivity index (χ4n) is 4.42. The van der Waals surface area contributed by atoms with Gasteiger partial charge in [-0.05, 0) is 72.9 Å². The summed E-state index contributed by atoms with van der Waals surface area (Å²) in [6.45, 7) is 4.15. The number of carbonyl (C=O) groups excluding carboxylic acids is 1. The molecule has 0 spiro atoms. The van der Waals surface area contributed by atoms with Crippen molar-refractivity contribution in [1.29, 1.82) is 0 Å². The van der Waals surface area contributed by atoms with Crippen molar-refractivity contribution in [3.05, 3.63) is 70.8 Å². The van der Waals surface area contributed by atoms with E-state index in [4.69, 9.17) is 0 Å². The molecule has 0 bridgehead atoms. The highest BCUT2D eigenvalue weighted by Crippen LogP contribution is 2.35. The maximum absolute atomic E-state index is 12.7. The number of anilines is 2. The minimum Gasteiger partial charge on any atom is -0.326 e. The van der Waals surface area contributed by atoms with Crippen LogP contribution in [0.1, 0.15) is 35.1 Å². The smallest absolute Gasteiger partial charge is 0.232 e. The van der Waals surface area contributed by atoms with Gasteiger partial charge >= 0.3 is 0 Å². The number of aryl methyl sites for hydroxylation is 3. The molecule has 162 valence electrons. The molecule has 5 nitrogen and oxygen atoms in total. The van der Waals surface area contributed by atoms with E-state index in [9.17, 15) is 13.2 Å². The van der Waals surface area contributed by atoms with E-state index in [1.807, 2.05) is 44.2 Å². The van der Waals surface area contributed by atoms with Crippen LogP contribution in [0.25, 0.3) is 10.8 Å². The highest BCUT2D eigenvalue weighted by Gasteiger charge is 2.20. The average Bonchev–Trinajstić information content (AvgIpc) is 3.14. The molecule has 1 aliphatic rings. The van der Waals surface area contributed by atoms with Gasteiger partial charge in [0.2, 0.25) is 15.9 Å². The van der Waals surface area contributed by atoms with Gasteiger partial charge in [0, 0.05) is 24.0 Å². The largest absolute Gasteiger partial charge is 0.326 e. The summed E-state index contributed by atoms with van der Waals surface area (Å²) in [7, 11) is -3.44. The van der Waals surface area contributed by atoms with Gasteiger partial charge < -0.3 is 5.32 Å². The number of benzene rings is 3. The molecule has 0 unspecified atom stereocenters. The Morgan fingerprint density at radius 2 is 1.71 bits per heavy atom. The molecule has 0 aromatic heterocycles. The maximum Gasteiger partial charge on any atom is 0.232 e. The summed E-state index contributed by atoms with van der Waals surface area (Å²) < 4.78 is 26.2. The van der Waals surface area contributed by atoms with Crippen LogP contribution in [0.4, 0.5) is 11.4 Å². The van der Waals surface area contributed by atoms with Crippen LogP contribution in [0.15, 0.2) is 48.5 Å². The molecule has 4 rings (SSSR count). The third-order valence-corrected chi connectivity index (χ3v) is 7.34. The van der Waals surface area contributed by atoms with Crippen LogP contribution in [-0.4, -0.2) is 27.1 Å². The molecule has 3 aromatic rings. The van der Waals surface area contributed by atoms with Crippen molar-refractivity contribution in [2.24, 2.45) is 0 Å². The molecule has 0 aliphatic heterocycles. The SMILES string of the molecule is Cc1cccc(N(CCCC(=O)Nc2ccc3c4c(cccc24)CC3)S(C)(=O)=O)c1C. The minimum atomic E-state index is -3.44. The lowest BCUT2D eigenvalue weighted by atomic mass is 10.0. The Hall–Kier alpha value is -2.86. The van der Waals surface area contributed by atoms with Gasteiger partial charge in [-0.1, -0.05) is 36.4 Å². The number of rotatable bonds is 7. The molecule has 0 fully saturated rings. The molecule has 0 atom stereocenters. The van der Waals surface area contributed by atoms with E-state index in [2.05, 4.69) is 23.5 Å². The maximum atomic E-state index is 12.7. The van der Waals surface area contributed by atoms with Crippen molar-refractivity contribution in [3.8, 4) is 0 Å². The van der Waals surface area contributed by atoms with Gasteiger partial charge in [-0.15, -0.1) is 0 Å². The van der Waals surface area contributed by atoms with Crippen LogP contribution in [-0.2, 0) is 27.7 Å². The van der Waals surface area contributed by atoms with Gasteiger partial charge in [-0.3, -0.25) is 9.10 Å². The third-order valence-electron chi connectivity index (χ3n) is 6.16. The van der Waals surface area contributed by atoms with Gasteiger partial charge in [-0.2, -0.15) is 0 Å². The van der Waals surface area contributed by atoms with E-state index in [1.165, 1.54) is 27.1 Å². The van der Waals surface area contributed by atoms with Gasteiger partial charge in [-0.25, -0.2) is 8.42 Å². The first kappa shape index (κ1) is 21.4. The van der Waals surface area contributed by atoms with E-state index >= 15 is 0 Å². The lowest BCUT2D eigenvalue weighted by Gasteiger charge is -2.25. The summed E-state index contributed by atoms with van der Waals surface area (Å²) in [5, 5.41) is 5.37. The Balaban J connectivity index is 1.45. The van der Waals surface area contributed by atoms with Crippen LogP contribution in [0, 0.1) is 13.8 Å². The van der Waals surface area contributed by atoms with Crippen molar-refractivity contribution in [3.63, 3.8) is 0 Å². The van der Waals surface area contributed by atoms with Crippen LogP contribution < -0.4 is 9.62 Å². The van der Waals surface area contributed by atoms with E-state index in [1.54, 1.807) is 0 Å². The second-order valence-corrected chi connectivity index (χ2v) is 10.2. The van der Waals surface area contributed by atoms with Crippen LogP contribution in [0.2, 0.25) is 0 Å². The fourth-order valence-corrected chi connectivity index (χ4v) is 5.44. The molecule has 1 aliphatic carbocycles. The Kier molecular flexibility index (Phi) is 5.75. The number of amides is 1. The summed E-state index contributed by atoms with van der Waals surface area (Å²) in [5.41, 5.74) is 6.14. The zero-order valence-electron chi connectivity index (χ0n) is 18.2. The molecule has 0 radical (unpaired) electrons. The van der Waals surface area contributed by atoms with Crippen molar-refractivity contribution < 1.29 is 13.2 Å². The Morgan fingerprint density at radius 1 is 1.00 bits per heavy atom. The standard InChI is InChI=1S/C25H28N2O3S/c1-17-7-4-10-23(18(17)2)27(31(3,29)30)16-6-11-24(28)26-22-15-14-20-13-12-19-8-5-9-21(22)25(19)20/h4-5,7-10,14-15H,6,11-13,16H2,1-3H3,(H,26,28). The van der Waals surface area contributed by atoms with E-state index in [-0.39, 0.29) is 18.9 Å². The predicted octanol–water partition coefficient (Wildman–Crippen LogP) is 4.74. The van der Waals surface area contributed by atoms with Crippen LogP contribution in [0.3, 0.4) is 0 Å². The molecular weight excluding hydrogens is 408 g/mol. The highest BCUT2D eigenvalue weighted by molar-refractivity contribution is 7.92. The number of sulfonamides is 1. The quantitative estimate of drug-likeness (QED) is 0.582. The third kappa shape index (κ3) is 4.30. The second kappa shape index (κ2) is 8.35. The molecule has 3 aromatic carbocycles. The molecule has 0 saturated carbocycles. The Labute approximate surface area is 184 Å². The highest BCUT2D eigenvalue weighted by atomic mass is 32.2. The molecular formula is C25H28N2O3S. The molecule has 0 heterocycles. The van der Waals surface area contributed by atoms with Crippen molar-refractivity contribution in [2.75, 3.05) is 22.4 Å². The second-order valence-electron chi connectivity index (χ2n) is 8.32. The Morgan fingerprint density at radius 3 is 2.45 bits per heavy atom. The number of nitrogens with one attached hydrogen (secondary N) is 1. The Bertz CT molecular complexity index is 1250. The monoisotopic (exact) mass is 436 g/mol. The summed E-state index contributed by atoms with van der Waals surface area (Å²) in [6.07, 6.45) is 3.99. The first-order valence-electron chi connectivity index (χ1n) is 10.6. The van der Waals surface area contributed by atoms with Gasteiger partial charge in [0.15, 0.2) is 0 Å². The summed E-state index contributed by atoms with van der Waals surface area (Å²) in [4.78, 5) is 12.7. The molecule has 6 heteroatoms. The molecule has 1 N–H and O–H groups in total. The van der Waals surface area contributed by atoms with E-state index < -0.39 is 10.0 Å². The van der Waals surface area contributed by atoms with Crippen molar-refractivity contribution in [1.82, 2.24) is 0 Å². The number of hydrogen-bond donors (Lipinski definition) is 1. The predicted molar refractivity (Wildman–Crippen MR) is 127 cm³/mol. The van der Waals surface area contributed by atoms with Gasteiger partial charge in [0.05, 0.1) is 11.9 Å². The average molecular weight is 437 g/mol. The number of carbonyl (C=O) groups is 1. The summed E-state index contributed by atoms with van der Waals surface area (Å²) in [5.74, 6) is -0.104. The minimum absolute atomic E-state index is 0.104. The van der Waals surface area contributed by atoms with Crippen molar-refractivity contribution in [2.45, 2.75) is 39.5 Å². The van der Waals surface area contributed by atoms with Crippen LogP contribution >= 0.6 is 0 Å². The molecule has 0 saturated heterocycles. The van der Waals surface area contributed by atoms with E-state index in [0.29, 0.717) is 12.1 Å². The van der Waals surface area contributed by atoms with E-state index in [0.717, 1.165) is 35.0 Å². The lowest BCUT2D eigenvalue weighted by Crippen LogP contribution is -2.32. The molecule has 1 amide bonds. The first-order chi connectivity index (χ1) is 14.8. The van der Waals surface area contributed by atoms with Crippen LogP contribution in [0.5, 0.6) is 0 Å². The zero-order valence-corrected chi connectivity index (χ0v) is 19.1. The normalized spacial score (nSPS) is 12.9. The topological polar surface area (TPSA) is 66.5 Å². The number of hydrogen-bond acceptors (Lipinski definition) is 3. The number of nitrogens with zero attached hydrogens (tertiary/aromatic N) is 1. The summed E-state index contributed by atoms with van der Waals surface area (Å²) >= 11 is 0. The zero-order chi connectivity index (χ0) is 22.2. The van der Waals surface area contributed by atoms with Gasteiger partial charge in [0.25, 0.3) is 0 Å². The van der Waals surface area contributed by atoms with Crippen molar-refractivity contribution >= 4 is 38.1 Å². The fraction of sp³-hybridized carbons (Fsp3) is 0.320. The summed E-state index contributed by atoms with van der Waals surface area (Å²) in [6, 6.07) is 16.0. The van der Waals surface area contributed by atoms with Gasteiger partial charge in [0.1, 0.15) is 0 Å². The first-order valence-corrected chi connectivity index (χ1v) is 12.5. The lowest BCUT2D eigenvalue weighted by molar-refractivity contribution is -0.116. The molecule has 31 heavy (non-hydrogen) atoms.